The van der Waals surface area contributed by atoms with Gasteiger partial charge in [-0.3, -0.25) is 10.1 Å². The molecule has 0 radical (unpaired) electrons. The molecule has 1 aromatic carbocycles. The minimum Gasteiger partial charge on any atom is -0.439 e. The van der Waals surface area contributed by atoms with Crippen LogP contribution < -0.4 is 10.1 Å². The molecule has 2 aromatic rings. The lowest BCUT2D eigenvalue weighted by atomic mass is 10.3. The molecule has 1 N–H and O–H groups in total. The van der Waals surface area contributed by atoms with Gasteiger partial charge in [0.15, 0.2) is 0 Å². The lowest BCUT2D eigenvalue weighted by Gasteiger charge is -2.07. The second kappa shape index (κ2) is 6.51. The summed E-state index contributed by atoms with van der Waals surface area (Å²) in [4.78, 5) is 14.4. The number of pyridine rings is 1. The van der Waals surface area contributed by atoms with Gasteiger partial charge >= 0.3 is 0 Å². The van der Waals surface area contributed by atoms with Gasteiger partial charge in [-0.1, -0.05) is 13.0 Å². The summed E-state index contributed by atoms with van der Waals surface area (Å²) in [7, 11) is 0. The Hall–Kier alpha value is -2.63. The third-order valence-corrected chi connectivity index (χ3v) is 2.55. The van der Waals surface area contributed by atoms with E-state index in [4.69, 9.17) is 4.74 Å². The molecule has 1 aromatic heterocycles. The number of rotatable bonds is 6. The van der Waals surface area contributed by atoms with Crippen LogP contribution in [0.5, 0.6) is 11.6 Å². The molecule has 104 valence electrons. The van der Waals surface area contributed by atoms with Crippen molar-refractivity contribution in [1.82, 2.24) is 4.98 Å². The Bertz CT molecular complexity index is 584. The van der Waals surface area contributed by atoms with Crippen LogP contribution in [-0.4, -0.2) is 16.5 Å². The highest BCUT2D eigenvalue weighted by atomic mass is 16.6. The van der Waals surface area contributed by atoms with E-state index in [-0.39, 0.29) is 5.69 Å². The summed E-state index contributed by atoms with van der Waals surface area (Å²) in [6, 6.07) is 11.3. The van der Waals surface area contributed by atoms with Gasteiger partial charge in [-0.2, -0.15) is 4.98 Å². The molecule has 0 aliphatic carbocycles. The molecule has 6 heteroatoms. The number of ether oxygens (including phenoxy) is 1. The van der Waals surface area contributed by atoms with Crippen molar-refractivity contribution in [3.63, 3.8) is 0 Å². The van der Waals surface area contributed by atoms with Crippen LogP contribution in [0.1, 0.15) is 13.3 Å². The summed E-state index contributed by atoms with van der Waals surface area (Å²) >= 11 is 0. The summed E-state index contributed by atoms with van der Waals surface area (Å²) in [5, 5.41) is 13.7. The summed E-state index contributed by atoms with van der Waals surface area (Å²) in [6.07, 6.45) is 1.01. The molecule has 0 unspecified atom stereocenters. The quantitative estimate of drug-likeness (QED) is 0.642. The van der Waals surface area contributed by atoms with Crippen LogP contribution in [0.2, 0.25) is 0 Å². The molecule has 0 saturated carbocycles. The molecular formula is C14H15N3O3. The highest BCUT2D eigenvalue weighted by molar-refractivity contribution is 5.40. The maximum Gasteiger partial charge on any atom is 0.269 e. The maximum absolute atomic E-state index is 10.6. The van der Waals surface area contributed by atoms with Crippen molar-refractivity contribution in [3.8, 4) is 11.6 Å². The second-order valence-corrected chi connectivity index (χ2v) is 4.14. The van der Waals surface area contributed by atoms with Crippen molar-refractivity contribution in [2.45, 2.75) is 13.3 Å². The van der Waals surface area contributed by atoms with Crippen molar-refractivity contribution in [3.05, 3.63) is 52.6 Å². The second-order valence-electron chi connectivity index (χ2n) is 4.14. The van der Waals surface area contributed by atoms with Gasteiger partial charge in [-0.15, -0.1) is 0 Å². The largest absolute Gasteiger partial charge is 0.439 e. The first-order chi connectivity index (χ1) is 9.69. The van der Waals surface area contributed by atoms with Gasteiger partial charge in [0.25, 0.3) is 5.69 Å². The number of hydrogen-bond acceptors (Lipinski definition) is 5. The Labute approximate surface area is 116 Å². The number of benzene rings is 1. The van der Waals surface area contributed by atoms with Crippen LogP contribution in [0.4, 0.5) is 11.5 Å². The van der Waals surface area contributed by atoms with Crippen molar-refractivity contribution in [1.29, 1.82) is 0 Å². The van der Waals surface area contributed by atoms with Crippen LogP contribution in [-0.2, 0) is 0 Å². The SMILES string of the molecule is CCCNc1cccc(Oc2ccc([N+](=O)[O-])cc2)n1. The predicted molar refractivity (Wildman–Crippen MR) is 76.2 cm³/mol. The summed E-state index contributed by atoms with van der Waals surface area (Å²) in [5.41, 5.74) is 0.0312. The summed E-state index contributed by atoms with van der Waals surface area (Å²) in [6.45, 7) is 2.91. The molecule has 1 heterocycles. The van der Waals surface area contributed by atoms with Crippen molar-refractivity contribution < 1.29 is 9.66 Å². The average molecular weight is 273 g/mol. The van der Waals surface area contributed by atoms with E-state index < -0.39 is 4.92 Å². The fraction of sp³-hybridized carbons (Fsp3) is 0.214. The lowest BCUT2D eigenvalue weighted by molar-refractivity contribution is -0.384. The number of nitrogens with one attached hydrogen (secondary N) is 1. The van der Waals surface area contributed by atoms with Crippen molar-refractivity contribution in [2.75, 3.05) is 11.9 Å². The smallest absolute Gasteiger partial charge is 0.269 e. The molecule has 0 saturated heterocycles. The van der Waals surface area contributed by atoms with Gasteiger partial charge in [0.05, 0.1) is 4.92 Å². The van der Waals surface area contributed by atoms with Gasteiger partial charge in [-0.05, 0) is 24.6 Å². The van der Waals surface area contributed by atoms with E-state index >= 15 is 0 Å². The Morgan fingerprint density at radius 1 is 1.25 bits per heavy atom. The maximum atomic E-state index is 10.6. The highest BCUT2D eigenvalue weighted by Gasteiger charge is 2.05. The number of nitro groups is 1. The van der Waals surface area contributed by atoms with Crippen LogP contribution in [0.25, 0.3) is 0 Å². The minimum atomic E-state index is -0.447. The van der Waals surface area contributed by atoms with E-state index in [1.54, 1.807) is 18.2 Å². The molecule has 0 bridgehead atoms. The molecule has 0 fully saturated rings. The van der Waals surface area contributed by atoms with E-state index in [9.17, 15) is 10.1 Å². The fourth-order valence-electron chi connectivity index (χ4n) is 1.58. The topological polar surface area (TPSA) is 77.3 Å². The summed E-state index contributed by atoms with van der Waals surface area (Å²) < 4.78 is 5.56. The zero-order valence-corrected chi connectivity index (χ0v) is 11.1. The van der Waals surface area contributed by atoms with E-state index in [1.165, 1.54) is 12.1 Å². The van der Waals surface area contributed by atoms with Crippen LogP contribution in [0.3, 0.4) is 0 Å². The Morgan fingerprint density at radius 2 is 2.00 bits per heavy atom. The normalized spacial score (nSPS) is 10.1. The number of aromatic nitrogens is 1. The number of nitro benzene ring substituents is 1. The molecule has 2 rings (SSSR count). The number of non-ortho nitro benzene ring substituents is 1. The Morgan fingerprint density at radius 3 is 2.65 bits per heavy atom. The molecule has 0 aliphatic heterocycles. The van der Waals surface area contributed by atoms with E-state index in [0.717, 1.165) is 18.8 Å². The Balaban J connectivity index is 2.07. The third-order valence-electron chi connectivity index (χ3n) is 2.55. The average Bonchev–Trinajstić information content (AvgIpc) is 2.46. The van der Waals surface area contributed by atoms with Crippen LogP contribution >= 0.6 is 0 Å². The molecule has 0 atom stereocenters. The molecule has 0 aliphatic rings. The predicted octanol–water partition coefficient (Wildman–Crippen LogP) is 3.60. The van der Waals surface area contributed by atoms with Crippen molar-refractivity contribution >= 4 is 11.5 Å². The van der Waals surface area contributed by atoms with Crippen LogP contribution in [0, 0.1) is 10.1 Å². The molecule has 0 spiro atoms. The minimum absolute atomic E-state index is 0.0312. The first-order valence-corrected chi connectivity index (χ1v) is 6.32. The van der Waals surface area contributed by atoms with Gasteiger partial charge in [0.2, 0.25) is 5.88 Å². The summed E-state index contributed by atoms with van der Waals surface area (Å²) in [5.74, 6) is 1.70. The first-order valence-electron chi connectivity index (χ1n) is 6.32. The first kappa shape index (κ1) is 13.8. The zero-order valence-electron chi connectivity index (χ0n) is 11.1. The van der Waals surface area contributed by atoms with Crippen molar-refractivity contribution in [2.24, 2.45) is 0 Å². The van der Waals surface area contributed by atoms with Gasteiger partial charge in [0, 0.05) is 24.7 Å². The molecule has 6 nitrogen and oxygen atoms in total. The van der Waals surface area contributed by atoms with E-state index in [1.807, 2.05) is 12.1 Å². The molecule has 20 heavy (non-hydrogen) atoms. The molecular weight excluding hydrogens is 258 g/mol. The van der Waals surface area contributed by atoms with E-state index in [0.29, 0.717) is 11.6 Å². The number of anilines is 1. The third kappa shape index (κ3) is 3.68. The molecule has 0 amide bonds. The Kier molecular flexibility index (Phi) is 4.49. The zero-order chi connectivity index (χ0) is 14.4. The van der Waals surface area contributed by atoms with Gasteiger partial charge in [-0.25, -0.2) is 0 Å². The highest BCUT2D eigenvalue weighted by Crippen LogP contribution is 2.23. The van der Waals surface area contributed by atoms with Crippen LogP contribution in [0.15, 0.2) is 42.5 Å². The lowest BCUT2D eigenvalue weighted by Crippen LogP contribution is -2.02. The van der Waals surface area contributed by atoms with Gasteiger partial charge in [0.1, 0.15) is 11.6 Å². The van der Waals surface area contributed by atoms with E-state index in [2.05, 4.69) is 17.2 Å². The monoisotopic (exact) mass is 273 g/mol. The van der Waals surface area contributed by atoms with Gasteiger partial charge < -0.3 is 10.1 Å². The fourth-order valence-corrected chi connectivity index (χ4v) is 1.58. The number of hydrogen-bond donors (Lipinski definition) is 1. The number of nitrogens with zero attached hydrogens (tertiary/aromatic N) is 2. The standard InChI is InChI=1S/C14H15N3O3/c1-2-10-15-13-4-3-5-14(16-13)20-12-8-6-11(7-9-12)17(18)19/h3-9H,2,10H2,1H3,(H,15,16).